The summed E-state index contributed by atoms with van der Waals surface area (Å²) in [5, 5.41) is 2.48. The van der Waals surface area contributed by atoms with Crippen molar-refractivity contribution in [2.75, 3.05) is 11.9 Å². The van der Waals surface area contributed by atoms with Gasteiger partial charge in [-0.25, -0.2) is 4.39 Å². The lowest BCUT2D eigenvalue weighted by Crippen LogP contribution is -2.14. The van der Waals surface area contributed by atoms with Gasteiger partial charge < -0.3 is 11.1 Å². The van der Waals surface area contributed by atoms with E-state index in [9.17, 15) is 9.18 Å². The van der Waals surface area contributed by atoms with Gasteiger partial charge in [0.25, 0.3) is 0 Å². The van der Waals surface area contributed by atoms with Crippen molar-refractivity contribution in [3.63, 3.8) is 0 Å². The predicted octanol–water partition coefficient (Wildman–Crippen LogP) is 2.69. The molecular formula is C10H13BrClFN2O. The molecule has 0 saturated carbocycles. The zero-order valence-electron chi connectivity index (χ0n) is 8.50. The second kappa shape index (κ2) is 7.60. The minimum absolute atomic E-state index is 0. The minimum atomic E-state index is -0.453. The van der Waals surface area contributed by atoms with Crippen molar-refractivity contribution in [1.82, 2.24) is 0 Å². The Hall–Kier alpha value is -0.650. The van der Waals surface area contributed by atoms with Crippen LogP contribution in [0.15, 0.2) is 22.7 Å². The van der Waals surface area contributed by atoms with Gasteiger partial charge in [0.15, 0.2) is 0 Å². The molecule has 0 aromatic heterocycles. The minimum Gasteiger partial charge on any atom is -0.330 e. The summed E-state index contributed by atoms with van der Waals surface area (Å²) >= 11 is 3.14. The van der Waals surface area contributed by atoms with E-state index in [4.69, 9.17) is 5.73 Å². The molecule has 0 radical (unpaired) electrons. The quantitative estimate of drug-likeness (QED) is 0.898. The van der Waals surface area contributed by atoms with E-state index in [1.807, 2.05) is 0 Å². The summed E-state index contributed by atoms with van der Waals surface area (Å²) in [5.74, 6) is -0.674. The number of hydrogen-bond donors (Lipinski definition) is 2. The number of benzene rings is 1. The van der Waals surface area contributed by atoms with Gasteiger partial charge in [-0.05, 0) is 31.2 Å². The van der Waals surface area contributed by atoms with Crippen LogP contribution in [0.4, 0.5) is 10.1 Å². The van der Waals surface area contributed by atoms with E-state index in [2.05, 4.69) is 21.2 Å². The van der Waals surface area contributed by atoms with Crippen molar-refractivity contribution in [2.24, 2.45) is 5.73 Å². The summed E-state index contributed by atoms with van der Waals surface area (Å²) in [5.41, 5.74) is 5.45. The average Bonchev–Trinajstić information content (AvgIpc) is 2.19. The number of anilines is 1. The SMILES string of the molecule is Cl.NCCCC(=O)Nc1ccc(Br)cc1F. The molecule has 1 aromatic rings. The number of nitrogens with two attached hydrogens (primary N) is 1. The standard InChI is InChI=1S/C10H12BrFN2O.ClH/c11-7-3-4-9(8(12)6-7)14-10(15)2-1-5-13;/h3-4,6H,1-2,5,13H2,(H,14,15);1H. The third-order valence-corrected chi connectivity index (χ3v) is 2.31. The highest BCUT2D eigenvalue weighted by Gasteiger charge is 2.06. The zero-order chi connectivity index (χ0) is 11.3. The molecule has 0 aliphatic rings. The largest absolute Gasteiger partial charge is 0.330 e. The highest BCUT2D eigenvalue weighted by molar-refractivity contribution is 9.10. The van der Waals surface area contributed by atoms with Gasteiger partial charge in [0.1, 0.15) is 5.82 Å². The summed E-state index contributed by atoms with van der Waals surface area (Å²) in [7, 11) is 0. The maximum absolute atomic E-state index is 13.3. The highest BCUT2D eigenvalue weighted by atomic mass is 79.9. The Morgan fingerprint density at radius 2 is 2.19 bits per heavy atom. The lowest BCUT2D eigenvalue weighted by molar-refractivity contribution is -0.116. The molecule has 16 heavy (non-hydrogen) atoms. The van der Waals surface area contributed by atoms with E-state index >= 15 is 0 Å². The van der Waals surface area contributed by atoms with Crippen LogP contribution in [0.3, 0.4) is 0 Å². The Balaban J connectivity index is 0.00000225. The molecule has 0 saturated heterocycles. The lowest BCUT2D eigenvalue weighted by atomic mass is 10.2. The molecule has 0 heterocycles. The molecule has 0 fully saturated rings. The van der Waals surface area contributed by atoms with Crippen molar-refractivity contribution < 1.29 is 9.18 Å². The Labute approximate surface area is 108 Å². The molecule has 0 unspecified atom stereocenters. The van der Waals surface area contributed by atoms with Gasteiger partial charge in [-0.15, -0.1) is 12.4 Å². The van der Waals surface area contributed by atoms with Crippen LogP contribution in [0.1, 0.15) is 12.8 Å². The highest BCUT2D eigenvalue weighted by Crippen LogP contribution is 2.19. The van der Waals surface area contributed by atoms with Crippen LogP contribution in [0.25, 0.3) is 0 Å². The second-order valence-electron chi connectivity index (χ2n) is 3.06. The fourth-order valence-corrected chi connectivity index (χ4v) is 1.40. The van der Waals surface area contributed by atoms with Gasteiger partial charge in [-0.2, -0.15) is 0 Å². The molecule has 1 rings (SSSR count). The molecule has 0 aliphatic carbocycles. The molecule has 90 valence electrons. The van der Waals surface area contributed by atoms with Gasteiger partial charge in [0, 0.05) is 10.9 Å². The molecule has 0 bridgehead atoms. The van der Waals surface area contributed by atoms with E-state index in [1.165, 1.54) is 12.1 Å². The third-order valence-electron chi connectivity index (χ3n) is 1.81. The number of amides is 1. The van der Waals surface area contributed by atoms with Crippen molar-refractivity contribution in [3.8, 4) is 0 Å². The molecule has 3 nitrogen and oxygen atoms in total. The van der Waals surface area contributed by atoms with Gasteiger partial charge in [0.05, 0.1) is 5.69 Å². The maximum atomic E-state index is 13.3. The number of carbonyl (C=O) groups excluding carboxylic acids is 1. The van der Waals surface area contributed by atoms with Crippen LogP contribution >= 0.6 is 28.3 Å². The summed E-state index contributed by atoms with van der Waals surface area (Å²) in [6.07, 6.45) is 0.913. The van der Waals surface area contributed by atoms with Gasteiger partial charge in [-0.1, -0.05) is 15.9 Å². The van der Waals surface area contributed by atoms with E-state index in [0.717, 1.165) is 0 Å². The van der Waals surface area contributed by atoms with Crippen LogP contribution in [0.5, 0.6) is 0 Å². The number of rotatable bonds is 4. The van der Waals surface area contributed by atoms with Crippen LogP contribution in [-0.2, 0) is 4.79 Å². The Morgan fingerprint density at radius 3 is 2.75 bits per heavy atom. The van der Waals surface area contributed by atoms with E-state index < -0.39 is 5.82 Å². The van der Waals surface area contributed by atoms with E-state index in [0.29, 0.717) is 23.9 Å². The first-order valence-electron chi connectivity index (χ1n) is 4.58. The first-order valence-corrected chi connectivity index (χ1v) is 5.37. The molecular weight excluding hydrogens is 298 g/mol. The Kier molecular flexibility index (Phi) is 7.29. The molecule has 6 heteroatoms. The molecule has 3 N–H and O–H groups in total. The van der Waals surface area contributed by atoms with E-state index in [-0.39, 0.29) is 24.0 Å². The fourth-order valence-electron chi connectivity index (χ4n) is 1.07. The maximum Gasteiger partial charge on any atom is 0.224 e. The van der Waals surface area contributed by atoms with Crippen LogP contribution in [-0.4, -0.2) is 12.5 Å². The second-order valence-corrected chi connectivity index (χ2v) is 3.98. The summed E-state index contributed by atoms with van der Waals surface area (Å²) in [4.78, 5) is 11.3. The monoisotopic (exact) mass is 310 g/mol. The van der Waals surface area contributed by atoms with Crippen LogP contribution in [0.2, 0.25) is 0 Å². The third kappa shape index (κ3) is 4.92. The summed E-state index contributed by atoms with van der Waals surface area (Å²) in [6.45, 7) is 0.455. The molecule has 1 amide bonds. The Morgan fingerprint density at radius 1 is 1.50 bits per heavy atom. The summed E-state index contributed by atoms with van der Waals surface area (Å²) < 4.78 is 13.9. The Bertz CT molecular complexity index is 363. The lowest BCUT2D eigenvalue weighted by Gasteiger charge is -2.05. The zero-order valence-corrected chi connectivity index (χ0v) is 10.9. The van der Waals surface area contributed by atoms with E-state index in [1.54, 1.807) is 6.07 Å². The smallest absolute Gasteiger partial charge is 0.224 e. The fraction of sp³-hybridized carbons (Fsp3) is 0.300. The molecule has 0 atom stereocenters. The van der Waals surface area contributed by atoms with Crippen molar-refractivity contribution >= 4 is 39.9 Å². The number of hydrogen-bond acceptors (Lipinski definition) is 2. The number of carbonyl (C=O) groups is 1. The van der Waals surface area contributed by atoms with Crippen molar-refractivity contribution in [2.45, 2.75) is 12.8 Å². The predicted molar refractivity (Wildman–Crippen MR) is 68.3 cm³/mol. The van der Waals surface area contributed by atoms with Gasteiger partial charge in [-0.3, -0.25) is 4.79 Å². The molecule has 0 spiro atoms. The normalized spacial score (nSPS) is 9.44. The van der Waals surface area contributed by atoms with Crippen LogP contribution < -0.4 is 11.1 Å². The van der Waals surface area contributed by atoms with Crippen LogP contribution in [0, 0.1) is 5.82 Å². The van der Waals surface area contributed by atoms with Gasteiger partial charge >= 0.3 is 0 Å². The number of halogens is 3. The van der Waals surface area contributed by atoms with Gasteiger partial charge in [0.2, 0.25) is 5.91 Å². The summed E-state index contributed by atoms with van der Waals surface area (Å²) in [6, 6.07) is 4.49. The molecule has 1 aromatic carbocycles. The first-order chi connectivity index (χ1) is 7.13. The molecule has 0 aliphatic heterocycles. The topological polar surface area (TPSA) is 55.1 Å². The number of nitrogens with one attached hydrogen (secondary N) is 1. The van der Waals surface area contributed by atoms with Crippen molar-refractivity contribution in [1.29, 1.82) is 0 Å². The first kappa shape index (κ1) is 15.3. The average molecular weight is 312 g/mol. The van der Waals surface area contributed by atoms with Crippen molar-refractivity contribution in [3.05, 3.63) is 28.5 Å².